The predicted octanol–water partition coefficient (Wildman–Crippen LogP) is 4.31. The summed E-state index contributed by atoms with van der Waals surface area (Å²) in [5.74, 6) is -1.62. The minimum atomic E-state index is -3.84. The highest BCUT2D eigenvalue weighted by molar-refractivity contribution is 7.89. The molecule has 2 aromatic carbocycles. The summed E-state index contributed by atoms with van der Waals surface area (Å²) in [7, 11) is -3.84. The smallest absolute Gasteiger partial charge is 0.243 e. The molecule has 4 rings (SSSR count). The van der Waals surface area contributed by atoms with Gasteiger partial charge in [-0.15, -0.1) is 0 Å². The van der Waals surface area contributed by atoms with Crippen LogP contribution in [0.1, 0.15) is 30.4 Å². The van der Waals surface area contributed by atoms with E-state index >= 15 is 0 Å². The number of rotatable bonds is 3. The van der Waals surface area contributed by atoms with Gasteiger partial charge >= 0.3 is 0 Å². The predicted molar refractivity (Wildman–Crippen MR) is 115 cm³/mol. The van der Waals surface area contributed by atoms with Gasteiger partial charge in [-0.2, -0.15) is 4.31 Å². The Hall–Kier alpha value is -2.03. The number of hydrogen-bond acceptors (Lipinski definition) is 3. The van der Waals surface area contributed by atoms with Crippen LogP contribution in [0.5, 0.6) is 0 Å². The van der Waals surface area contributed by atoms with Crippen molar-refractivity contribution in [2.24, 2.45) is 5.92 Å². The quantitative estimate of drug-likeness (QED) is 0.674. The van der Waals surface area contributed by atoms with Crippen molar-refractivity contribution in [3.05, 3.63) is 58.1 Å². The fourth-order valence-corrected chi connectivity index (χ4v) is 6.15. The van der Waals surface area contributed by atoms with Gasteiger partial charge in [0, 0.05) is 25.6 Å². The van der Waals surface area contributed by atoms with Crippen LogP contribution in [0, 0.1) is 24.5 Å². The standard InChI is InChI=1S/C22H23ClF2N2O3S/c1-14-11-16-3-2-8-27(21(16)20(25)12-14)22(28)15-6-9-26(10-7-15)31(29,30)17-4-5-19(24)18(23)13-17/h4-5,11-13,15H,2-3,6-10H2,1H3. The van der Waals surface area contributed by atoms with Crippen LogP contribution in [0.3, 0.4) is 0 Å². The Bertz CT molecular complexity index is 1130. The number of carbonyl (C=O) groups is 1. The van der Waals surface area contributed by atoms with E-state index in [9.17, 15) is 22.0 Å². The van der Waals surface area contributed by atoms with E-state index in [-0.39, 0.29) is 34.8 Å². The van der Waals surface area contributed by atoms with Gasteiger partial charge in [0.1, 0.15) is 11.6 Å². The SMILES string of the molecule is Cc1cc(F)c2c(c1)CCCN2C(=O)C1CCN(S(=O)(=O)c2ccc(F)c(Cl)c2)CC1. The third-order valence-corrected chi connectivity index (χ3v) is 8.17. The summed E-state index contributed by atoms with van der Waals surface area (Å²) in [4.78, 5) is 14.6. The number of sulfonamides is 1. The van der Waals surface area contributed by atoms with Gasteiger partial charge < -0.3 is 4.90 Å². The summed E-state index contributed by atoms with van der Waals surface area (Å²) in [6, 6.07) is 6.66. The molecule has 166 valence electrons. The molecule has 31 heavy (non-hydrogen) atoms. The number of nitrogens with zero attached hydrogens (tertiary/aromatic N) is 2. The van der Waals surface area contributed by atoms with Crippen molar-refractivity contribution < 1.29 is 22.0 Å². The summed E-state index contributed by atoms with van der Waals surface area (Å²) in [5, 5.41) is -0.257. The molecule has 0 atom stereocenters. The highest BCUT2D eigenvalue weighted by Gasteiger charge is 2.36. The second kappa shape index (κ2) is 8.48. The number of carbonyl (C=O) groups excluding carboxylic acids is 1. The van der Waals surface area contributed by atoms with Crippen LogP contribution < -0.4 is 4.90 Å². The lowest BCUT2D eigenvalue weighted by atomic mass is 9.93. The van der Waals surface area contributed by atoms with Crippen molar-refractivity contribution in [2.75, 3.05) is 24.5 Å². The molecule has 0 unspecified atom stereocenters. The van der Waals surface area contributed by atoms with Gasteiger partial charge in [0.05, 0.1) is 15.6 Å². The Morgan fingerprint density at radius 3 is 2.45 bits per heavy atom. The van der Waals surface area contributed by atoms with Crippen molar-refractivity contribution in [2.45, 2.75) is 37.5 Å². The number of fused-ring (bicyclic) bond motifs is 1. The zero-order chi connectivity index (χ0) is 22.3. The molecule has 0 aromatic heterocycles. The van der Waals surface area contributed by atoms with Gasteiger partial charge in [-0.3, -0.25) is 4.79 Å². The van der Waals surface area contributed by atoms with Gasteiger partial charge in [-0.25, -0.2) is 17.2 Å². The third kappa shape index (κ3) is 4.21. The van der Waals surface area contributed by atoms with Crippen molar-refractivity contribution in [3.8, 4) is 0 Å². The van der Waals surface area contributed by atoms with Crippen molar-refractivity contribution in [1.82, 2.24) is 4.31 Å². The van der Waals surface area contributed by atoms with Gasteiger partial charge in [-0.1, -0.05) is 17.7 Å². The molecule has 1 fully saturated rings. The number of hydrogen-bond donors (Lipinski definition) is 0. The Labute approximate surface area is 185 Å². The molecule has 0 saturated carbocycles. The van der Waals surface area contributed by atoms with Crippen LogP contribution in [-0.4, -0.2) is 38.3 Å². The first-order valence-corrected chi connectivity index (χ1v) is 12.1. The highest BCUT2D eigenvalue weighted by Crippen LogP contribution is 2.34. The van der Waals surface area contributed by atoms with Crippen LogP contribution in [0.15, 0.2) is 35.2 Å². The largest absolute Gasteiger partial charge is 0.309 e. The molecule has 2 aromatic rings. The zero-order valence-corrected chi connectivity index (χ0v) is 18.6. The zero-order valence-electron chi connectivity index (χ0n) is 17.1. The molecule has 1 saturated heterocycles. The number of amides is 1. The van der Waals surface area contributed by atoms with E-state index in [2.05, 4.69) is 0 Å². The molecule has 0 spiro atoms. The van der Waals surface area contributed by atoms with Gasteiger partial charge in [0.25, 0.3) is 0 Å². The van der Waals surface area contributed by atoms with Crippen molar-refractivity contribution in [3.63, 3.8) is 0 Å². The van der Waals surface area contributed by atoms with Gasteiger partial charge in [0.15, 0.2) is 0 Å². The molecule has 2 aliphatic rings. The Balaban J connectivity index is 1.48. The normalized spacial score (nSPS) is 18.1. The lowest BCUT2D eigenvalue weighted by Crippen LogP contribution is -2.46. The third-order valence-electron chi connectivity index (χ3n) is 5.98. The topological polar surface area (TPSA) is 57.7 Å². The molecule has 0 radical (unpaired) electrons. The summed E-state index contributed by atoms with van der Waals surface area (Å²) in [5.41, 5.74) is 2.02. The Kier molecular flexibility index (Phi) is 6.07. The van der Waals surface area contributed by atoms with E-state index in [0.717, 1.165) is 36.1 Å². The maximum Gasteiger partial charge on any atom is 0.243 e. The number of piperidine rings is 1. The summed E-state index contributed by atoms with van der Waals surface area (Å²) in [6.45, 7) is 2.60. The maximum atomic E-state index is 14.7. The lowest BCUT2D eigenvalue weighted by molar-refractivity contribution is -0.123. The van der Waals surface area contributed by atoms with Crippen molar-refractivity contribution >= 4 is 33.2 Å². The molecule has 1 amide bonds. The van der Waals surface area contributed by atoms with E-state index in [4.69, 9.17) is 11.6 Å². The van der Waals surface area contributed by atoms with Gasteiger partial charge in [0.2, 0.25) is 15.9 Å². The number of aryl methyl sites for hydroxylation is 2. The molecule has 0 bridgehead atoms. The first kappa shape index (κ1) is 22.2. The first-order valence-electron chi connectivity index (χ1n) is 10.2. The van der Waals surface area contributed by atoms with Gasteiger partial charge in [-0.05, 0) is 68.0 Å². The maximum absolute atomic E-state index is 14.7. The van der Waals surface area contributed by atoms with Crippen LogP contribution in [-0.2, 0) is 21.2 Å². The summed E-state index contributed by atoms with van der Waals surface area (Å²) >= 11 is 5.73. The molecular weight excluding hydrogens is 446 g/mol. The molecule has 5 nitrogen and oxygen atoms in total. The van der Waals surface area contributed by atoms with E-state index in [0.29, 0.717) is 25.1 Å². The fraction of sp³-hybridized carbons (Fsp3) is 0.409. The minimum Gasteiger partial charge on any atom is -0.309 e. The average Bonchev–Trinajstić information content (AvgIpc) is 2.74. The molecule has 2 aliphatic heterocycles. The molecular formula is C22H23ClF2N2O3S. The highest BCUT2D eigenvalue weighted by atomic mass is 35.5. The molecule has 0 aliphatic carbocycles. The Morgan fingerprint density at radius 2 is 1.77 bits per heavy atom. The van der Waals surface area contributed by atoms with E-state index in [1.165, 1.54) is 21.3 Å². The minimum absolute atomic E-state index is 0.0777. The Morgan fingerprint density at radius 1 is 1.06 bits per heavy atom. The monoisotopic (exact) mass is 468 g/mol. The summed E-state index contributed by atoms with van der Waals surface area (Å²) in [6.07, 6.45) is 2.17. The average molecular weight is 469 g/mol. The fourth-order valence-electron chi connectivity index (χ4n) is 4.41. The second-order valence-electron chi connectivity index (χ2n) is 8.10. The number of halogens is 3. The molecule has 0 N–H and O–H groups in total. The van der Waals surface area contributed by atoms with Crippen molar-refractivity contribution in [1.29, 1.82) is 0 Å². The molecule has 2 heterocycles. The van der Waals surface area contributed by atoms with Crippen LogP contribution >= 0.6 is 11.6 Å². The second-order valence-corrected chi connectivity index (χ2v) is 10.4. The van der Waals surface area contributed by atoms with E-state index < -0.39 is 21.7 Å². The lowest BCUT2D eigenvalue weighted by Gasteiger charge is -2.36. The van der Waals surface area contributed by atoms with E-state index in [1.54, 1.807) is 0 Å². The first-order chi connectivity index (χ1) is 14.7. The van der Waals surface area contributed by atoms with Crippen LogP contribution in [0.4, 0.5) is 14.5 Å². The van der Waals surface area contributed by atoms with Crippen LogP contribution in [0.25, 0.3) is 0 Å². The number of benzene rings is 2. The molecule has 9 heteroatoms. The number of anilines is 1. The summed E-state index contributed by atoms with van der Waals surface area (Å²) < 4.78 is 55.1. The van der Waals surface area contributed by atoms with E-state index in [1.807, 2.05) is 13.0 Å². The van der Waals surface area contributed by atoms with Crippen LogP contribution in [0.2, 0.25) is 5.02 Å².